The van der Waals surface area contributed by atoms with Crippen LogP contribution in [-0.2, 0) is 6.54 Å². The molecule has 0 radical (unpaired) electrons. The highest BCUT2D eigenvalue weighted by molar-refractivity contribution is 7.19. The third-order valence-corrected chi connectivity index (χ3v) is 5.61. The summed E-state index contributed by atoms with van der Waals surface area (Å²) in [4.78, 5) is 13.1. The van der Waals surface area contributed by atoms with Crippen molar-refractivity contribution >= 4 is 44.5 Å². The Kier molecular flexibility index (Phi) is 5.85. The number of carbonyl (C=O) groups is 1. The van der Waals surface area contributed by atoms with Gasteiger partial charge in [-0.15, -0.1) is 11.3 Å². The second-order valence-electron chi connectivity index (χ2n) is 5.56. The number of urea groups is 1. The Morgan fingerprint density at radius 3 is 2.88 bits per heavy atom. The number of carbonyl (C=O) groups excluding carboxylic acids is 1. The number of benzene rings is 1. The molecular weight excluding hydrogens is 338 g/mol. The maximum absolute atomic E-state index is 11.7. The normalized spacial score (nSPS) is 10.9. The summed E-state index contributed by atoms with van der Waals surface area (Å²) in [6, 6.07) is 10.3. The van der Waals surface area contributed by atoms with E-state index in [1.807, 2.05) is 28.2 Å². The minimum absolute atomic E-state index is 0.145. The highest BCUT2D eigenvalue weighted by Crippen LogP contribution is 2.30. The van der Waals surface area contributed by atoms with Crippen molar-refractivity contribution in [2.75, 3.05) is 18.4 Å². The molecule has 0 unspecified atom stereocenters. The van der Waals surface area contributed by atoms with Crippen LogP contribution in [-0.4, -0.2) is 19.1 Å². The Hall–Kier alpha value is -1.89. The monoisotopic (exact) mass is 359 g/mol. The van der Waals surface area contributed by atoms with Crippen molar-refractivity contribution in [3.05, 3.63) is 51.5 Å². The zero-order valence-electron chi connectivity index (χ0n) is 13.6. The van der Waals surface area contributed by atoms with E-state index in [2.05, 4.69) is 47.1 Å². The average molecular weight is 360 g/mol. The smallest absolute Gasteiger partial charge is 0.319 e. The van der Waals surface area contributed by atoms with Crippen molar-refractivity contribution in [3.8, 4) is 0 Å². The topological polar surface area (TPSA) is 53.2 Å². The van der Waals surface area contributed by atoms with Gasteiger partial charge in [0.05, 0.1) is 5.69 Å². The number of anilines is 1. The summed E-state index contributed by atoms with van der Waals surface area (Å²) in [5, 5.41) is 14.4. The molecule has 0 spiro atoms. The van der Waals surface area contributed by atoms with E-state index in [9.17, 15) is 4.79 Å². The zero-order valence-corrected chi connectivity index (χ0v) is 15.2. The largest absolute Gasteiger partial charge is 0.338 e. The van der Waals surface area contributed by atoms with Gasteiger partial charge in [0.1, 0.15) is 0 Å². The summed E-state index contributed by atoms with van der Waals surface area (Å²) in [7, 11) is 0. The molecule has 2 amide bonds. The number of fused-ring (bicyclic) bond motifs is 1. The van der Waals surface area contributed by atoms with Crippen LogP contribution in [0.15, 0.2) is 41.1 Å². The third kappa shape index (κ3) is 4.35. The Morgan fingerprint density at radius 1 is 1.17 bits per heavy atom. The number of aryl methyl sites for hydroxylation is 1. The van der Waals surface area contributed by atoms with Crippen LogP contribution in [0.25, 0.3) is 10.1 Å². The number of hydrogen-bond donors (Lipinski definition) is 3. The maximum Gasteiger partial charge on any atom is 0.319 e. The summed E-state index contributed by atoms with van der Waals surface area (Å²) in [5.41, 5.74) is 2.23. The second-order valence-corrected chi connectivity index (χ2v) is 7.59. The van der Waals surface area contributed by atoms with Gasteiger partial charge in [0.2, 0.25) is 0 Å². The minimum Gasteiger partial charge on any atom is -0.338 e. The average Bonchev–Trinajstić information content (AvgIpc) is 3.18. The maximum atomic E-state index is 11.7. The van der Waals surface area contributed by atoms with Crippen LogP contribution in [0.3, 0.4) is 0 Å². The first-order valence-electron chi connectivity index (χ1n) is 7.99. The molecule has 0 saturated heterocycles. The number of rotatable bonds is 7. The molecule has 0 atom stereocenters. The fourth-order valence-corrected chi connectivity index (χ4v) is 4.25. The van der Waals surface area contributed by atoms with E-state index in [0.717, 1.165) is 25.2 Å². The summed E-state index contributed by atoms with van der Waals surface area (Å²) in [6.45, 7) is 4.59. The van der Waals surface area contributed by atoms with E-state index in [0.29, 0.717) is 6.54 Å². The highest BCUT2D eigenvalue weighted by Gasteiger charge is 2.07. The van der Waals surface area contributed by atoms with Crippen LogP contribution in [0, 0.1) is 6.92 Å². The SMILES string of the molecule is Cc1sc2ccccc2c1CNCCCNC(=O)Nc1ccsc1. The van der Waals surface area contributed by atoms with Gasteiger partial charge in [-0.2, -0.15) is 11.3 Å². The quantitative estimate of drug-likeness (QED) is 0.541. The van der Waals surface area contributed by atoms with Crippen molar-refractivity contribution in [3.63, 3.8) is 0 Å². The molecule has 0 saturated carbocycles. The predicted octanol–water partition coefficient (Wildman–Crippen LogP) is 4.57. The molecule has 2 aromatic heterocycles. The summed E-state index contributed by atoms with van der Waals surface area (Å²) in [5.74, 6) is 0. The van der Waals surface area contributed by atoms with Crippen molar-refractivity contribution in [1.29, 1.82) is 0 Å². The molecule has 3 rings (SSSR count). The Bertz CT molecular complexity index is 796. The molecule has 24 heavy (non-hydrogen) atoms. The van der Waals surface area contributed by atoms with E-state index in [1.54, 1.807) is 11.3 Å². The lowest BCUT2D eigenvalue weighted by Gasteiger charge is -2.08. The summed E-state index contributed by atoms with van der Waals surface area (Å²) in [6.07, 6.45) is 0.901. The molecular formula is C18H21N3OS2. The fraction of sp³-hybridized carbons (Fsp3) is 0.278. The lowest BCUT2D eigenvalue weighted by atomic mass is 10.1. The minimum atomic E-state index is -0.145. The van der Waals surface area contributed by atoms with Crippen LogP contribution in [0.1, 0.15) is 16.9 Å². The number of nitrogens with one attached hydrogen (secondary N) is 3. The van der Waals surface area contributed by atoms with Gasteiger partial charge in [-0.05, 0) is 48.4 Å². The standard InChI is InChI=1S/C18H21N3OS2/c1-13-16(15-5-2-3-6-17(15)24-13)11-19-8-4-9-20-18(22)21-14-7-10-23-12-14/h2-3,5-7,10,12,19H,4,8-9,11H2,1H3,(H2,20,21,22). The van der Waals surface area contributed by atoms with E-state index in [4.69, 9.17) is 0 Å². The molecule has 126 valence electrons. The fourth-order valence-electron chi connectivity index (χ4n) is 2.58. The highest BCUT2D eigenvalue weighted by atomic mass is 32.1. The van der Waals surface area contributed by atoms with E-state index in [-0.39, 0.29) is 6.03 Å². The van der Waals surface area contributed by atoms with Crippen molar-refractivity contribution in [2.45, 2.75) is 19.9 Å². The van der Waals surface area contributed by atoms with Gasteiger partial charge in [0.15, 0.2) is 0 Å². The van der Waals surface area contributed by atoms with Gasteiger partial charge in [-0.1, -0.05) is 18.2 Å². The number of amides is 2. The molecule has 3 N–H and O–H groups in total. The first-order chi connectivity index (χ1) is 11.7. The zero-order chi connectivity index (χ0) is 16.8. The van der Waals surface area contributed by atoms with Crippen LogP contribution in [0.4, 0.5) is 10.5 Å². The molecule has 4 nitrogen and oxygen atoms in total. The lowest BCUT2D eigenvalue weighted by Crippen LogP contribution is -2.31. The molecule has 0 aliphatic heterocycles. The van der Waals surface area contributed by atoms with Gasteiger partial charge in [-0.3, -0.25) is 0 Å². The van der Waals surface area contributed by atoms with Crippen LogP contribution in [0.2, 0.25) is 0 Å². The van der Waals surface area contributed by atoms with Gasteiger partial charge in [0, 0.05) is 28.0 Å². The third-order valence-electron chi connectivity index (χ3n) is 3.80. The number of hydrogen-bond acceptors (Lipinski definition) is 4. The van der Waals surface area contributed by atoms with Gasteiger partial charge in [-0.25, -0.2) is 4.79 Å². The van der Waals surface area contributed by atoms with E-state index in [1.165, 1.54) is 20.5 Å². The molecule has 0 aliphatic rings. The molecule has 0 fully saturated rings. The van der Waals surface area contributed by atoms with Gasteiger partial charge < -0.3 is 16.0 Å². The second kappa shape index (κ2) is 8.28. The van der Waals surface area contributed by atoms with Gasteiger partial charge in [0.25, 0.3) is 0 Å². The molecule has 1 aromatic carbocycles. The first-order valence-corrected chi connectivity index (χ1v) is 9.75. The Balaban J connectivity index is 1.36. The molecule has 0 aliphatic carbocycles. The van der Waals surface area contributed by atoms with Crippen molar-refractivity contribution in [1.82, 2.24) is 10.6 Å². The molecule has 0 bridgehead atoms. The molecule has 6 heteroatoms. The van der Waals surface area contributed by atoms with Crippen LogP contribution in [0.5, 0.6) is 0 Å². The van der Waals surface area contributed by atoms with Crippen LogP contribution >= 0.6 is 22.7 Å². The number of thiophene rings is 2. The van der Waals surface area contributed by atoms with Crippen molar-refractivity contribution in [2.24, 2.45) is 0 Å². The molecule has 2 heterocycles. The van der Waals surface area contributed by atoms with E-state index >= 15 is 0 Å². The van der Waals surface area contributed by atoms with Crippen molar-refractivity contribution < 1.29 is 4.79 Å². The first kappa shape index (κ1) is 17.0. The summed E-state index contributed by atoms with van der Waals surface area (Å²) < 4.78 is 1.35. The Morgan fingerprint density at radius 2 is 2.04 bits per heavy atom. The molecule has 3 aromatic rings. The Labute approximate surface area is 149 Å². The van der Waals surface area contributed by atoms with E-state index < -0.39 is 0 Å². The van der Waals surface area contributed by atoms with Gasteiger partial charge >= 0.3 is 6.03 Å². The lowest BCUT2D eigenvalue weighted by molar-refractivity contribution is 0.252. The van der Waals surface area contributed by atoms with Crippen LogP contribution < -0.4 is 16.0 Å². The summed E-state index contributed by atoms with van der Waals surface area (Å²) >= 11 is 3.41. The predicted molar refractivity (Wildman–Crippen MR) is 104 cm³/mol.